The van der Waals surface area contributed by atoms with Crippen molar-refractivity contribution in [1.29, 1.82) is 0 Å². The lowest BCUT2D eigenvalue weighted by Crippen LogP contribution is -2.10. The molecule has 0 N–H and O–H groups in total. The van der Waals surface area contributed by atoms with Gasteiger partial charge in [-0.15, -0.1) is 0 Å². The normalized spacial score (nSPS) is 11.1. The van der Waals surface area contributed by atoms with Crippen LogP contribution < -0.4 is 14.4 Å². The molecule has 0 aliphatic carbocycles. The van der Waals surface area contributed by atoms with Crippen molar-refractivity contribution in [3.8, 4) is 22.6 Å². The minimum atomic E-state index is 0.676. The van der Waals surface area contributed by atoms with Crippen molar-refractivity contribution in [2.24, 2.45) is 0 Å². The van der Waals surface area contributed by atoms with Gasteiger partial charge < -0.3 is 18.8 Å². The lowest BCUT2D eigenvalue weighted by Gasteiger charge is -2.18. The highest BCUT2D eigenvalue weighted by molar-refractivity contribution is 6.11. The molecule has 0 saturated heterocycles. The molecule has 0 spiro atoms. The van der Waals surface area contributed by atoms with Gasteiger partial charge in [-0.1, -0.05) is 18.2 Å². The fourth-order valence-corrected chi connectivity index (χ4v) is 3.96. The molecule has 2 aromatic heterocycles. The van der Waals surface area contributed by atoms with Gasteiger partial charge in [0.2, 0.25) is 0 Å². The molecule has 2 heterocycles. The van der Waals surface area contributed by atoms with Crippen molar-refractivity contribution in [2.75, 3.05) is 26.2 Å². The number of pyridine rings is 1. The molecule has 0 unspecified atom stereocenters. The van der Waals surface area contributed by atoms with Crippen LogP contribution in [0.2, 0.25) is 0 Å². The fourth-order valence-electron chi connectivity index (χ4n) is 3.96. The molecule has 0 bridgehead atoms. The maximum absolute atomic E-state index is 5.88. The second kappa shape index (κ2) is 7.69. The maximum Gasteiger partial charge on any atom is 0.161 e. The molecule has 0 radical (unpaired) electrons. The highest BCUT2D eigenvalue weighted by Gasteiger charge is 2.17. The summed E-state index contributed by atoms with van der Waals surface area (Å²) in [6.07, 6.45) is 3.61. The van der Waals surface area contributed by atoms with Crippen LogP contribution in [0.25, 0.3) is 32.9 Å². The molecule has 0 aliphatic rings. The SMILES string of the molecule is COc1cc2cc3ccoc3c(-c3ccc(N(C)c4ccccc4)nc3)c2cc1OC. The van der Waals surface area contributed by atoms with Gasteiger partial charge in [0.05, 0.1) is 20.5 Å². The van der Waals surface area contributed by atoms with Crippen LogP contribution >= 0.6 is 0 Å². The van der Waals surface area contributed by atoms with Crippen molar-refractivity contribution in [1.82, 2.24) is 4.98 Å². The highest BCUT2D eigenvalue weighted by Crippen LogP contribution is 2.41. The zero-order valence-corrected chi connectivity index (χ0v) is 17.6. The third kappa shape index (κ3) is 3.24. The summed E-state index contributed by atoms with van der Waals surface area (Å²) >= 11 is 0. The van der Waals surface area contributed by atoms with Crippen LogP contribution in [0.3, 0.4) is 0 Å². The van der Waals surface area contributed by atoms with E-state index in [1.807, 2.05) is 55.7 Å². The van der Waals surface area contributed by atoms with Crippen LogP contribution in [0.4, 0.5) is 11.5 Å². The second-order valence-corrected chi connectivity index (χ2v) is 7.32. The Balaban J connectivity index is 1.67. The van der Waals surface area contributed by atoms with Crippen molar-refractivity contribution in [3.63, 3.8) is 0 Å². The Bertz CT molecular complexity index is 1360. The zero-order chi connectivity index (χ0) is 21.4. The molecular formula is C26H22N2O3. The summed E-state index contributed by atoms with van der Waals surface area (Å²) in [6, 6.07) is 22.3. The largest absolute Gasteiger partial charge is 0.493 e. The number of hydrogen-bond acceptors (Lipinski definition) is 5. The summed E-state index contributed by atoms with van der Waals surface area (Å²) < 4.78 is 16.9. The van der Waals surface area contributed by atoms with Gasteiger partial charge in [0, 0.05) is 35.4 Å². The molecule has 5 rings (SSSR count). The highest BCUT2D eigenvalue weighted by atomic mass is 16.5. The summed E-state index contributed by atoms with van der Waals surface area (Å²) in [6.45, 7) is 0. The van der Waals surface area contributed by atoms with E-state index in [4.69, 9.17) is 18.9 Å². The van der Waals surface area contributed by atoms with Gasteiger partial charge in [0.25, 0.3) is 0 Å². The lowest BCUT2D eigenvalue weighted by molar-refractivity contribution is 0.356. The van der Waals surface area contributed by atoms with Crippen LogP contribution in [-0.2, 0) is 0 Å². The molecule has 5 heteroatoms. The number of furan rings is 1. The van der Waals surface area contributed by atoms with E-state index in [9.17, 15) is 0 Å². The number of nitrogens with zero attached hydrogens (tertiary/aromatic N) is 2. The Labute approximate surface area is 180 Å². The third-order valence-electron chi connectivity index (χ3n) is 5.58. The van der Waals surface area contributed by atoms with Crippen molar-refractivity contribution >= 4 is 33.2 Å². The molecule has 0 saturated carbocycles. The Hall–Kier alpha value is -3.99. The second-order valence-electron chi connectivity index (χ2n) is 7.32. The Morgan fingerprint density at radius 2 is 1.61 bits per heavy atom. The van der Waals surface area contributed by atoms with Crippen LogP contribution in [-0.4, -0.2) is 26.3 Å². The van der Waals surface area contributed by atoms with Gasteiger partial charge in [0.1, 0.15) is 11.4 Å². The molecule has 5 aromatic rings. The standard InChI is InChI=1S/C26H22N2O3/c1-28(20-7-5-4-6-8-20)24-10-9-18(16-27-24)25-21-15-23(30-3)22(29-2)14-19(21)13-17-11-12-31-26(17)25/h4-16H,1-3H3. The minimum Gasteiger partial charge on any atom is -0.493 e. The first-order chi connectivity index (χ1) is 15.2. The van der Waals surface area contributed by atoms with Gasteiger partial charge in [-0.25, -0.2) is 4.98 Å². The number of para-hydroxylation sites is 1. The molecule has 3 aromatic carbocycles. The molecule has 31 heavy (non-hydrogen) atoms. The third-order valence-corrected chi connectivity index (χ3v) is 5.58. The average molecular weight is 410 g/mol. The first kappa shape index (κ1) is 19.0. The fraction of sp³-hybridized carbons (Fsp3) is 0.115. The number of aromatic nitrogens is 1. The van der Waals surface area contributed by atoms with Crippen LogP contribution in [0.15, 0.2) is 83.6 Å². The monoisotopic (exact) mass is 410 g/mol. The van der Waals surface area contributed by atoms with E-state index in [1.54, 1.807) is 20.5 Å². The minimum absolute atomic E-state index is 0.676. The molecular weight excluding hydrogens is 388 g/mol. The van der Waals surface area contributed by atoms with E-state index in [0.717, 1.165) is 44.4 Å². The van der Waals surface area contributed by atoms with Gasteiger partial charge in [0.15, 0.2) is 11.5 Å². The first-order valence-electron chi connectivity index (χ1n) is 10.0. The summed E-state index contributed by atoms with van der Waals surface area (Å²) in [5.41, 5.74) is 3.87. The number of ether oxygens (including phenoxy) is 2. The zero-order valence-electron chi connectivity index (χ0n) is 17.6. The summed E-state index contributed by atoms with van der Waals surface area (Å²) in [5, 5.41) is 3.10. The maximum atomic E-state index is 5.88. The van der Waals surface area contributed by atoms with Crippen molar-refractivity contribution in [3.05, 3.63) is 79.2 Å². The number of methoxy groups -OCH3 is 2. The molecule has 0 atom stereocenters. The Morgan fingerprint density at radius 1 is 0.839 bits per heavy atom. The van der Waals surface area contributed by atoms with Crippen LogP contribution in [0.5, 0.6) is 11.5 Å². The number of hydrogen-bond donors (Lipinski definition) is 0. The molecule has 0 fully saturated rings. The van der Waals surface area contributed by atoms with Gasteiger partial charge >= 0.3 is 0 Å². The molecule has 154 valence electrons. The number of rotatable bonds is 5. The molecule has 5 nitrogen and oxygen atoms in total. The molecule has 0 aliphatic heterocycles. The Kier molecular flexibility index (Phi) is 4.71. The van der Waals surface area contributed by atoms with Crippen molar-refractivity contribution in [2.45, 2.75) is 0 Å². The van der Waals surface area contributed by atoms with E-state index in [-0.39, 0.29) is 0 Å². The molecule has 0 amide bonds. The predicted molar refractivity (Wildman–Crippen MR) is 125 cm³/mol. The number of fused-ring (bicyclic) bond motifs is 2. The van der Waals surface area contributed by atoms with E-state index < -0.39 is 0 Å². The van der Waals surface area contributed by atoms with Crippen LogP contribution in [0.1, 0.15) is 0 Å². The summed E-state index contributed by atoms with van der Waals surface area (Å²) in [4.78, 5) is 6.79. The first-order valence-corrected chi connectivity index (χ1v) is 10.0. The smallest absolute Gasteiger partial charge is 0.161 e. The summed E-state index contributed by atoms with van der Waals surface area (Å²) in [7, 11) is 5.30. The predicted octanol–water partition coefficient (Wildman–Crippen LogP) is 6.43. The van der Waals surface area contributed by atoms with Gasteiger partial charge in [-0.05, 0) is 59.3 Å². The van der Waals surface area contributed by atoms with Gasteiger partial charge in [-0.3, -0.25) is 0 Å². The lowest BCUT2D eigenvalue weighted by atomic mass is 9.96. The van der Waals surface area contributed by atoms with E-state index in [1.165, 1.54) is 0 Å². The van der Waals surface area contributed by atoms with E-state index in [0.29, 0.717) is 11.5 Å². The number of anilines is 2. The van der Waals surface area contributed by atoms with E-state index >= 15 is 0 Å². The van der Waals surface area contributed by atoms with E-state index in [2.05, 4.69) is 29.2 Å². The topological polar surface area (TPSA) is 47.7 Å². The Morgan fingerprint density at radius 3 is 2.32 bits per heavy atom. The average Bonchev–Trinajstić information content (AvgIpc) is 3.30. The van der Waals surface area contributed by atoms with Crippen LogP contribution in [0, 0.1) is 0 Å². The summed E-state index contributed by atoms with van der Waals surface area (Å²) in [5.74, 6) is 2.24. The van der Waals surface area contributed by atoms with Gasteiger partial charge in [-0.2, -0.15) is 0 Å². The quantitative estimate of drug-likeness (QED) is 0.334. The van der Waals surface area contributed by atoms with Crippen molar-refractivity contribution < 1.29 is 13.9 Å². The number of benzene rings is 3.